The Hall–Kier alpha value is -1.06. The quantitative estimate of drug-likeness (QED) is 0.858. The highest BCUT2D eigenvalue weighted by Gasteiger charge is 2.21. The minimum atomic E-state index is -0.757. The number of benzene rings is 1. The van der Waals surface area contributed by atoms with Gasteiger partial charge in [0.15, 0.2) is 0 Å². The zero-order valence-corrected chi connectivity index (χ0v) is 11.8. The summed E-state index contributed by atoms with van der Waals surface area (Å²) >= 11 is 5.98. The Bertz CT molecular complexity index is 409. The molecule has 0 aliphatic heterocycles. The predicted octanol–water partition coefficient (Wildman–Crippen LogP) is 3.59. The fourth-order valence-corrected chi connectivity index (χ4v) is 2.29. The van der Waals surface area contributed by atoms with Crippen LogP contribution in [0.25, 0.3) is 0 Å². The fraction of sp³-hybridized carbons (Fsp3) is 0.500. The maximum atomic E-state index is 10.8. The molecule has 0 spiro atoms. The van der Waals surface area contributed by atoms with Gasteiger partial charge in [-0.1, -0.05) is 30.7 Å². The van der Waals surface area contributed by atoms with Gasteiger partial charge in [0.25, 0.3) is 0 Å². The number of rotatable bonds is 6. The normalized spacial score (nSPS) is 14.5. The lowest BCUT2D eigenvalue weighted by atomic mass is 10.0. The lowest BCUT2D eigenvalue weighted by molar-refractivity contribution is -0.138. The van der Waals surface area contributed by atoms with Crippen molar-refractivity contribution in [2.75, 3.05) is 7.05 Å². The molecule has 0 fully saturated rings. The molecule has 0 aromatic heterocycles. The summed E-state index contributed by atoms with van der Waals surface area (Å²) in [5.74, 6) is -0.757. The fourth-order valence-electron chi connectivity index (χ4n) is 2.10. The largest absolute Gasteiger partial charge is 0.481 e. The summed E-state index contributed by atoms with van der Waals surface area (Å²) in [6.45, 7) is 4.07. The van der Waals surface area contributed by atoms with E-state index in [1.807, 2.05) is 38.2 Å². The van der Waals surface area contributed by atoms with Crippen molar-refractivity contribution in [2.24, 2.45) is 0 Å². The van der Waals surface area contributed by atoms with Crippen LogP contribution in [0.4, 0.5) is 0 Å². The first-order valence-electron chi connectivity index (χ1n) is 6.14. The van der Waals surface area contributed by atoms with Crippen LogP contribution in [-0.4, -0.2) is 29.1 Å². The summed E-state index contributed by atoms with van der Waals surface area (Å²) < 4.78 is 0. The van der Waals surface area contributed by atoms with E-state index in [4.69, 9.17) is 16.7 Å². The van der Waals surface area contributed by atoms with E-state index in [0.717, 1.165) is 12.0 Å². The van der Waals surface area contributed by atoms with Gasteiger partial charge in [-0.25, -0.2) is 0 Å². The van der Waals surface area contributed by atoms with Crippen LogP contribution in [0.1, 0.15) is 38.3 Å². The minimum Gasteiger partial charge on any atom is -0.481 e. The summed E-state index contributed by atoms with van der Waals surface area (Å²) in [5.41, 5.74) is 1.11. The summed E-state index contributed by atoms with van der Waals surface area (Å²) in [6.07, 6.45) is 0.978. The van der Waals surface area contributed by atoms with Crippen molar-refractivity contribution in [3.05, 3.63) is 34.9 Å². The van der Waals surface area contributed by atoms with Crippen molar-refractivity contribution >= 4 is 17.6 Å². The molecule has 0 radical (unpaired) electrons. The molecule has 0 saturated carbocycles. The van der Waals surface area contributed by atoms with Gasteiger partial charge in [-0.3, -0.25) is 9.69 Å². The van der Waals surface area contributed by atoms with Crippen molar-refractivity contribution in [1.29, 1.82) is 0 Å². The van der Waals surface area contributed by atoms with E-state index >= 15 is 0 Å². The molecule has 0 saturated heterocycles. The van der Waals surface area contributed by atoms with Gasteiger partial charge >= 0.3 is 5.97 Å². The molecule has 1 aromatic rings. The van der Waals surface area contributed by atoms with Gasteiger partial charge < -0.3 is 5.11 Å². The molecule has 0 bridgehead atoms. The van der Waals surface area contributed by atoms with Gasteiger partial charge in [-0.05, 0) is 38.1 Å². The predicted molar refractivity (Wildman–Crippen MR) is 74.0 cm³/mol. The maximum absolute atomic E-state index is 10.8. The number of hydrogen-bond acceptors (Lipinski definition) is 2. The first-order chi connectivity index (χ1) is 8.45. The molecule has 100 valence electrons. The first kappa shape index (κ1) is 15.0. The number of carboxylic acids is 1. The van der Waals surface area contributed by atoms with Crippen molar-refractivity contribution in [3.63, 3.8) is 0 Å². The number of nitrogens with zero attached hydrogens (tertiary/aromatic N) is 1. The Morgan fingerprint density at radius 3 is 2.67 bits per heavy atom. The van der Waals surface area contributed by atoms with Crippen molar-refractivity contribution < 1.29 is 9.90 Å². The highest BCUT2D eigenvalue weighted by molar-refractivity contribution is 6.30. The lowest BCUT2D eigenvalue weighted by Gasteiger charge is -2.32. The van der Waals surface area contributed by atoms with Gasteiger partial charge in [0, 0.05) is 17.1 Å². The molecule has 1 rings (SSSR count). The Balaban J connectivity index is 2.81. The molecule has 0 heterocycles. The molecule has 1 N–H and O–H groups in total. The molecule has 0 aliphatic rings. The second-order valence-corrected chi connectivity index (χ2v) is 4.99. The minimum absolute atomic E-state index is 0.0384. The topological polar surface area (TPSA) is 40.5 Å². The smallest absolute Gasteiger partial charge is 0.304 e. The third kappa shape index (κ3) is 4.00. The third-order valence-electron chi connectivity index (χ3n) is 3.40. The highest BCUT2D eigenvalue weighted by atomic mass is 35.5. The Labute approximate surface area is 113 Å². The van der Waals surface area contributed by atoms with Gasteiger partial charge in [0.2, 0.25) is 0 Å². The van der Waals surface area contributed by atoms with Crippen molar-refractivity contribution in [2.45, 2.75) is 38.8 Å². The SMILES string of the molecule is CCC(CC(=O)O)N(C)C(C)c1cccc(Cl)c1. The second-order valence-electron chi connectivity index (χ2n) is 4.56. The van der Waals surface area contributed by atoms with Crippen molar-refractivity contribution in [1.82, 2.24) is 4.90 Å². The molecule has 3 nitrogen and oxygen atoms in total. The molecule has 0 aliphatic carbocycles. The van der Waals surface area contributed by atoms with Crippen LogP contribution in [-0.2, 0) is 4.79 Å². The molecular weight excluding hydrogens is 250 g/mol. The second kappa shape index (κ2) is 6.76. The molecule has 0 amide bonds. The van der Waals surface area contributed by atoms with Crippen LogP contribution in [0.3, 0.4) is 0 Å². The van der Waals surface area contributed by atoms with E-state index in [2.05, 4.69) is 11.8 Å². The highest BCUT2D eigenvalue weighted by Crippen LogP contribution is 2.25. The average molecular weight is 270 g/mol. The Morgan fingerprint density at radius 1 is 1.50 bits per heavy atom. The summed E-state index contributed by atoms with van der Waals surface area (Å²) in [6, 6.07) is 7.88. The molecule has 18 heavy (non-hydrogen) atoms. The summed E-state index contributed by atoms with van der Waals surface area (Å²) in [7, 11) is 1.96. The standard InChI is InChI=1S/C14H20ClNO2/c1-4-13(9-14(17)18)16(3)10(2)11-6-5-7-12(15)8-11/h5-8,10,13H,4,9H2,1-3H3,(H,17,18). The van der Waals surface area contributed by atoms with Gasteiger partial charge in [-0.2, -0.15) is 0 Å². The molecular formula is C14H20ClNO2. The summed E-state index contributed by atoms with van der Waals surface area (Å²) in [5, 5.41) is 9.62. The van der Waals surface area contributed by atoms with E-state index in [0.29, 0.717) is 5.02 Å². The number of aliphatic carboxylic acids is 1. The number of halogens is 1. The van der Waals surface area contributed by atoms with E-state index in [9.17, 15) is 4.79 Å². The van der Waals surface area contributed by atoms with Crippen LogP contribution >= 0.6 is 11.6 Å². The number of carboxylic acid groups (broad SMARTS) is 1. The third-order valence-corrected chi connectivity index (χ3v) is 3.63. The number of carbonyl (C=O) groups is 1. The Kier molecular flexibility index (Phi) is 5.63. The lowest BCUT2D eigenvalue weighted by Crippen LogP contribution is -2.35. The first-order valence-corrected chi connectivity index (χ1v) is 6.52. The maximum Gasteiger partial charge on any atom is 0.304 e. The van der Waals surface area contributed by atoms with Crippen LogP contribution in [0.5, 0.6) is 0 Å². The molecule has 2 atom stereocenters. The van der Waals surface area contributed by atoms with Crippen LogP contribution in [0.2, 0.25) is 5.02 Å². The zero-order valence-electron chi connectivity index (χ0n) is 11.1. The van der Waals surface area contributed by atoms with E-state index in [1.54, 1.807) is 0 Å². The van der Waals surface area contributed by atoms with Crippen LogP contribution in [0, 0.1) is 0 Å². The van der Waals surface area contributed by atoms with Crippen LogP contribution < -0.4 is 0 Å². The molecule has 1 aromatic carbocycles. The van der Waals surface area contributed by atoms with Crippen LogP contribution in [0.15, 0.2) is 24.3 Å². The molecule has 2 unspecified atom stereocenters. The monoisotopic (exact) mass is 269 g/mol. The van der Waals surface area contributed by atoms with E-state index in [1.165, 1.54) is 0 Å². The van der Waals surface area contributed by atoms with Crippen molar-refractivity contribution in [3.8, 4) is 0 Å². The zero-order chi connectivity index (χ0) is 13.7. The average Bonchev–Trinajstić information content (AvgIpc) is 2.34. The van der Waals surface area contributed by atoms with Gasteiger partial charge in [-0.15, -0.1) is 0 Å². The van der Waals surface area contributed by atoms with Gasteiger partial charge in [0.05, 0.1) is 6.42 Å². The van der Waals surface area contributed by atoms with Gasteiger partial charge in [0.1, 0.15) is 0 Å². The Morgan fingerprint density at radius 2 is 2.17 bits per heavy atom. The van der Waals surface area contributed by atoms with E-state index in [-0.39, 0.29) is 18.5 Å². The molecule has 4 heteroatoms. The van der Waals surface area contributed by atoms with E-state index < -0.39 is 5.97 Å². The summed E-state index contributed by atoms with van der Waals surface area (Å²) in [4.78, 5) is 12.9. The number of hydrogen-bond donors (Lipinski definition) is 1.